The normalized spacial score (nSPS) is 8.78. The summed E-state index contributed by atoms with van der Waals surface area (Å²) in [5.74, 6) is 1.75. The van der Waals surface area contributed by atoms with Gasteiger partial charge in [0.05, 0.1) is 8.07 Å². The fourth-order valence-electron chi connectivity index (χ4n) is 0. The second-order valence-electron chi connectivity index (χ2n) is 2.99. The lowest BCUT2D eigenvalue weighted by molar-refractivity contribution is 1.29. The molecule has 0 heterocycles. The maximum atomic E-state index is 7.32. The fourth-order valence-corrected chi connectivity index (χ4v) is 0. The van der Waals surface area contributed by atoms with Crippen LogP contribution in [0, 0.1) is 11.2 Å². The van der Waals surface area contributed by atoms with E-state index in [4.69, 9.17) is 11.0 Å². The van der Waals surface area contributed by atoms with Gasteiger partial charge in [-0.05, 0) is 12.1 Å². The summed E-state index contributed by atoms with van der Waals surface area (Å²) in [6.45, 7) is 6.77. The highest BCUT2D eigenvalue weighted by atomic mass is 28.3. The van der Waals surface area contributed by atoms with Gasteiger partial charge in [0, 0.05) is 0 Å². The summed E-state index contributed by atoms with van der Waals surface area (Å²) in [6.07, 6.45) is 0.910. The van der Waals surface area contributed by atoms with Crippen molar-refractivity contribution in [1.82, 2.24) is 0 Å². The number of nitrogens with two attached hydrogens (primary N) is 1. The minimum absolute atomic E-state index is 0.853. The Morgan fingerprint density at radius 2 is 1.67 bits per heavy atom. The van der Waals surface area contributed by atoms with Gasteiger partial charge in [-0.2, -0.15) is 0 Å². The van der Waals surface area contributed by atoms with E-state index in [0.717, 1.165) is 6.17 Å². The maximum absolute atomic E-state index is 7.32. The molecule has 0 saturated carbocycles. The topological polar surface area (TPSA) is 49.8 Å². The van der Waals surface area contributed by atoms with Crippen molar-refractivity contribution in [2.24, 2.45) is 5.73 Å². The Balaban J connectivity index is 0. The summed E-state index contributed by atoms with van der Waals surface area (Å²) >= 11 is 0. The molecular weight excluding hydrogens is 127 g/mol. The molecule has 0 aliphatic carbocycles. The molecule has 2 nitrogen and oxygen atoms in total. The van der Waals surface area contributed by atoms with Crippen LogP contribution in [0.1, 0.15) is 0 Å². The molecule has 0 unspecified atom stereocenters. The van der Waals surface area contributed by atoms with Crippen molar-refractivity contribution in [3.63, 3.8) is 0 Å². The van der Waals surface area contributed by atoms with Gasteiger partial charge in [0.1, 0.15) is 0 Å². The Kier molecular flexibility index (Phi) is 7.50. The minimum atomic E-state index is -0.853. The lowest BCUT2D eigenvalue weighted by Crippen LogP contribution is -2.31. The van der Waals surface area contributed by atoms with E-state index in [1.165, 1.54) is 7.85 Å². The zero-order chi connectivity index (χ0) is 7.91. The van der Waals surface area contributed by atoms with Gasteiger partial charge in [0.2, 0.25) is 7.85 Å². The molecular formula is C5H15BN2Si. The van der Waals surface area contributed by atoms with Crippen molar-refractivity contribution < 1.29 is 0 Å². The number of nitrogens with zero attached hydrogens (tertiary/aromatic N) is 1. The molecule has 0 aliphatic rings. The van der Waals surface area contributed by atoms with Crippen LogP contribution in [0.4, 0.5) is 0 Å². The Bertz CT molecular complexity index is 92.1. The smallest absolute Gasteiger partial charge is 0.232 e. The van der Waals surface area contributed by atoms with E-state index in [-0.39, 0.29) is 0 Å². The van der Waals surface area contributed by atoms with Crippen LogP contribution in [0.5, 0.6) is 0 Å². The maximum Gasteiger partial charge on any atom is 0.232 e. The third kappa shape index (κ3) is 34.0. The van der Waals surface area contributed by atoms with Crippen molar-refractivity contribution in [3.05, 3.63) is 0 Å². The lowest BCUT2D eigenvalue weighted by Gasteiger charge is -2.09. The predicted octanol–water partition coefficient (Wildman–Crippen LogP) is -0.0769. The highest BCUT2D eigenvalue weighted by Gasteiger charge is 2.07. The van der Waals surface area contributed by atoms with Crippen molar-refractivity contribution in [2.45, 2.75) is 19.6 Å². The number of hydrogen-bond acceptors (Lipinski definition) is 2. The SMILES string of the molecule is BC#N.C[Si](C)(C)CN. The Labute approximate surface area is 59.5 Å². The summed E-state index contributed by atoms with van der Waals surface area (Å²) in [5, 5.41) is 7.32. The molecule has 0 amide bonds. The molecule has 0 atom stereocenters. The quantitative estimate of drug-likeness (QED) is 0.520. The Morgan fingerprint density at radius 1 is 1.56 bits per heavy atom. The molecule has 0 bridgehead atoms. The van der Waals surface area contributed by atoms with Crippen molar-refractivity contribution in [1.29, 1.82) is 5.26 Å². The van der Waals surface area contributed by atoms with Gasteiger partial charge in [0.15, 0.2) is 0 Å². The molecule has 0 spiro atoms. The van der Waals surface area contributed by atoms with Crippen LogP contribution in [0.15, 0.2) is 0 Å². The van der Waals surface area contributed by atoms with Crippen molar-refractivity contribution in [2.75, 3.05) is 6.17 Å². The van der Waals surface area contributed by atoms with Crippen LogP contribution in [0.3, 0.4) is 0 Å². The van der Waals surface area contributed by atoms with E-state index in [1.807, 2.05) is 0 Å². The van der Waals surface area contributed by atoms with Gasteiger partial charge in [-0.25, -0.2) is 5.26 Å². The average molecular weight is 142 g/mol. The fraction of sp³-hybridized carbons (Fsp3) is 0.800. The van der Waals surface area contributed by atoms with Gasteiger partial charge in [-0.3, -0.25) is 0 Å². The number of nitriles is 1. The van der Waals surface area contributed by atoms with E-state index < -0.39 is 8.07 Å². The van der Waals surface area contributed by atoms with Gasteiger partial charge in [0.25, 0.3) is 0 Å². The third-order valence-corrected chi connectivity index (χ3v) is 1.84. The van der Waals surface area contributed by atoms with E-state index >= 15 is 0 Å². The first-order chi connectivity index (χ1) is 3.97. The van der Waals surface area contributed by atoms with Crippen LogP contribution in [-0.2, 0) is 0 Å². The molecule has 0 aromatic heterocycles. The molecule has 0 fully saturated rings. The Morgan fingerprint density at radius 3 is 1.67 bits per heavy atom. The van der Waals surface area contributed by atoms with Gasteiger partial charge in [-0.15, -0.1) is 0 Å². The molecule has 0 aliphatic heterocycles. The standard InChI is InChI=1S/C4H13NSi.CH2BN/c1-6(2,3)4-5;2-1-3/h4-5H2,1-3H3;2H2. The number of rotatable bonds is 1. The summed E-state index contributed by atoms with van der Waals surface area (Å²) in [6, 6.07) is 0. The third-order valence-electron chi connectivity index (χ3n) is 0.612. The molecule has 2 N–H and O–H groups in total. The van der Waals surface area contributed by atoms with Crippen LogP contribution < -0.4 is 5.73 Å². The highest BCUT2D eigenvalue weighted by Crippen LogP contribution is 1.93. The molecule has 9 heavy (non-hydrogen) atoms. The van der Waals surface area contributed by atoms with E-state index in [1.54, 1.807) is 5.97 Å². The first-order valence-electron chi connectivity index (χ1n) is 2.99. The molecule has 0 saturated heterocycles. The van der Waals surface area contributed by atoms with E-state index in [9.17, 15) is 0 Å². The minimum Gasteiger partial charge on any atom is -0.333 e. The van der Waals surface area contributed by atoms with Crippen LogP contribution in [0.25, 0.3) is 0 Å². The summed E-state index contributed by atoms with van der Waals surface area (Å²) in [5.41, 5.74) is 5.37. The molecule has 4 heteroatoms. The second-order valence-corrected chi connectivity index (χ2v) is 8.52. The van der Waals surface area contributed by atoms with Gasteiger partial charge >= 0.3 is 0 Å². The predicted molar refractivity (Wildman–Crippen MR) is 46.6 cm³/mol. The van der Waals surface area contributed by atoms with Crippen LogP contribution >= 0.6 is 0 Å². The first kappa shape index (κ1) is 11.5. The summed E-state index contributed by atoms with van der Waals surface area (Å²) in [7, 11) is 0.577. The molecule has 0 aromatic rings. The van der Waals surface area contributed by atoms with E-state index in [2.05, 4.69) is 19.6 Å². The molecule has 0 aromatic carbocycles. The summed E-state index contributed by atoms with van der Waals surface area (Å²) in [4.78, 5) is 0. The zero-order valence-electron chi connectivity index (χ0n) is 6.73. The molecule has 52 valence electrons. The highest BCUT2D eigenvalue weighted by molar-refractivity contribution is 6.76. The summed E-state index contributed by atoms with van der Waals surface area (Å²) < 4.78 is 0. The lowest BCUT2D eigenvalue weighted by atomic mass is 10.2. The van der Waals surface area contributed by atoms with Crippen LogP contribution in [0.2, 0.25) is 19.6 Å². The Hall–Kier alpha value is -0.268. The monoisotopic (exact) mass is 142 g/mol. The van der Waals surface area contributed by atoms with Crippen LogP contribution in [-0.4, -0.2) is 22.1 Å². The number of hydrogen-bond donors (Lipinski definition) is 1. The van der Waals surface area contributed by atoms with Crippen molar-refractivity contribution in [3.8, 4) is 5.97 Å². The second kappa shape index (κ2) is 5.86. The zero-order valence-corrected chi connectivity index (χ0v) is 7.73. The average Bonchev–Trinajstić information content (AvgIpc) is 1.67. The van der Waals surface area contributed by atoms with E-state index in [0.29, 0.717) is 0 Å². The first-order valence-corrected chi connectivity index (χ1v) is 6.69. The van der Waals surface area contributed by atoms with Gasteiger partial charge < -0.3 is 5.73 Å². The molecule has 0 rings (SSSR count). The molecule has 0 radical (unpaired) electrons. The van der Waals surface area contributed by atoms with Gasteiger partial charge in [-0.1, -0.05) is 19.6 Å². The largest absolute Gasteiger partial charge is 0.333 e. The van der Waals surface area contributed by atoms with Crippen molar-refractivity contribution >= 4 is 15.9 Å².